The Morgan fingerprint density at radius 1 is 1.15 bits per heavy atom. The Hall–Kier alpha value is -3.08. The molecule has 10 heteroatoms. The van der Waals surface area contributed by atoms with E-state index in [0.717, 1.165) is 62.3 Å². The molecule has 3 aromatic rings. The molecule has 0 spiro atoms. The zero-order chi connectivity index (χ0) is 23.9. The van der Waals surface area contributed by atoms with Crippen molar-refractivity contribution in [2.24, 2.45) is 4.99 Å². The first-order valence-electron chi connectivity index (χ1n) is 11.1. The number of aromatic nitrogens is 1. The van der Waals surface area contributed by atoms with Crippen LogP contribution in [0.15, 0.2) is 52.8 Å². The fourth-order valence-corrected chi connectivity index (χ4v) is 4.66. The lowest BCUT2D eigenvalue weighted by Crippen LogP contribution is -2.36. The van der Waals surface area contributed by atoms with E-state index in [-0.39, 0.29) is 11.7 Å². The van der Waals surface area contributed by atoms with Crippen molar-refractivity contribution in [3.63, 3.8) is 0 Å². The summed E-state index contributed by atoms with van der Waals surface area (Å²) in [6.07, 6.45) is 0. The number of amides is 2. The van der Waals surface area contributed by atoms with E-state index in [0.29, 0.717) is 17.9 Å². The fourth-order valence-electron chi connectivity index (χ4n) is 3.71. The molecule has 1 fully saturated rings. The summed E-state index contributed by atoms with van der Waals surface area (Å²) in [6, 6.07) is 11.2. The van der Waals surface area contributed by atoms with E-state index < -0.39 is 11.6 Å². The van der Waals surface area contributed by atoms with Crippen LogP contribution in [0.3, 0.4) is 0 Å². The third-order valence-corrected chi connectivity index (χ3v) is 6.39. The van der Waals surface area contributed by atoms with Gasteiger partial charge in [0.1, 0.15) is 17.3 Å². The molecule has 1 aliphatic rings. The monoisotopic (exact) mass is 487 g/mol. The van der Waals surface area contributed by atoms with E-state index in [9.17, 15) is 13.6 Å². The molecular formula is C24H27F2N5O2S. The maximum absolute atomic E-state index is 14.2. The second kappa shape index (κ2) is 11.4. The molecule has 0 unspecified atom stereocenters. The minimum absolute atomic E-state index is 0.0673. The van der Waals surface area contributed by atoms with E-state index in [1.807, 2.05) is 22.1 Å². The maximum atomic E-state index is 14.2. The number of carbonyl (C=O) groups excluding carboxylic acids is 1. The van der Waals surface area contributed by atoms with Gasteiger partial charge in [-0.25, -0.2) is 18.6 Å². The van der Waals surface area contributed by atoms with Crippen LogP contribution in [0.2, 0.25) is 0 Å². The number of hydrogen-bond donors (Lipinski definition) is 2. The summed E-state index contributed by atoms with van der Waals surface area (Å²) in [6.45, 7) is 4.99. The molecule has 2 aromatic carbocycles. The van der Waals surface area contributed by atoms with Gasteiger partial charge in [0, 0.05) is 51.2 Å². The van der Waals surface area contributed by atoms with Gasteiger partial charge >= 0.3 is 6.03 Å². The number of nitrogens with one attached hydrogen (secondary N) is 2. The van der Waals surface area contributed by atoms with Crippen molar-refractivity contribution in [3.05, 3.63) is 69.8 Å². The maximum Gasteiger partial charge on any atom is 0.314 e. The summed E-state index contributed by atoms with van der Waals surface area (Å²) < 4.78 is 35.2. The molecule has 0 radical (unpaired) electrons. The van der Waals surface area contributed by atoms with Crippen molar-refractivity contribution in [1.29, 1.82) is 0 Å². The van der Waals surface area contributed by atoms with E-state index >= 15 is 0 Å². The lowest BCUT2D eigenvalue weighted by molar-refractivity contribution is 0.0342. The lowest BCUT2D eigenvalue weighted by Gasteiger charge is -2.26. The molecule has 0 atom stereocenters. The number of nitrogens with zero attached hydrogens (tertiary/aromatic N) is 3. The van der Waals surface area contributed by atoms with Gasteiger partial charge in [0.05, 0.1) is 18.9 Å². The minimum atomic E-state index is -0.598. The molecule has 34 heavy (non-hydrogen) atoms. The molecule has 7 nitrogen and oxygen atoms in total. The van der Waals surface area contributed by atoms with Crippen molar-refractivity contribution < 1.29 is 18.3 Å². The smallest absolute Gasteiger partial charge is 0.314 e. The Balaban J connectivity index is 1.62. The van der Waals surface area contributed by atoms with Crippen LogP contribution in [0.1, 0.15) is 5.56 Å². The van der Waals surface area contributed by atoms with Gasteiger partial charge in [-0.05, 0) is 23.3 Å². The molecule has 2 heterocycles. The second-order valence-electron chi connectivity index (χ2n) is 7.85. The number of thiazole rings is 1. The molecule has 0 saturated carbocycles. The molecule has 0 bridgehead atoms. The van der Waals surface area contributed by atoms with Gasteiger partial charge in [0.15, 0.2) is 4.80 Å². The average Bonchev–Trinajstić information content (AvgIpc) is 3.24. The number of morpholine rings is 1. The van der Waals surface area contributed by atoms with Gasteiger partial charge in [-0.1, -0.05) is 24.3 Å². The van der Waals surface area contributed by atoms with E-state index in [2.05, 4.69) is 32.7 Å². The summed E-state index contributed by atoms with van der Waals surface area (Å²) in [5.74, 6) is -1.15. The largest absolute Gasteiger partial charge is 0.379 e. The Kier molecular flexibility index (Phi) is 8.04. The van der Waals surface area contributed by atoms with Crippen LogP contribution in [0, 0.1) is 11.6 Å². The molecule has 4 rings (SSSR count). The summed E-state index contributed by atoms with van der Waals surface area (Å²) in [4.78, 5) is 18.8. The Bertz CT molecular complexity index is 1190. The van der Waals surface area contributed by atoms with Gasteiger partial charge in [0.2, 0.25) is 0 Å². The van der Waals surface area contributed by atoms with Crippen molar-refractivity contribution in [2.75, 3.05) is 39.9 Å². The molecule has 1 aliphatic heterocycles. The van der Waals surface area contributed by atoms with Crippen LogP contribution in [-0.2, 0) is 17.8 Å². The molecule has 1 aromatic heterocycles. The van der Waals surface area contributed by atoms with Crippen molar-refractivity contribution in [3.8, 4) is 11.3 Å². The molecule has 180 valence electrons. The number of carbonyl (C=O) groups is 1. The van der Waals surface area contributed by atoms with Gasteiger partial charge in [-0.2, -0.15) is 0 Å². The molecule has 2 N–H and O–H groups in total. The van der Waals surface area contributed by atoms with E-state index in [4.69, 9.17) is 4.74 Å². The third kappa shape index (κ3) is 6.07. The summed E-state index contributed by atoms with van der Waals surface area (Å²) >= 11 is 1.33. The van der Waals surface area contributed by atoms with Crippen LogP contribution >= 0.6 is 11.3 Å². The first-order valence-corrected chi connectivity index (χ1v) is 11.9. The minimum Gasteiger partial charge on any atom is -0.379 e. The fraction of sp³-hybridized carbons (Fsp3) is 0.333. The van der Waals surface area contributed by atoms with Crippen molar-refractivity contribution >= 4 is 23.1 Å². The van der Waals surface area contributed by atoms with Crippen LogP contribution in [0.4, 0.5) is 19.3 Å². The highest BCUT2D eigenvalue weighted by Gasteiger charge is 2.13. The van der Waals surface area contributed by atoms with Crippen LogP contribution < -0.4 is 15.4 Å². The van der Waals surface area contributed by atoms with E-state index in [1.54, 1.807) is 7.05 Å². The first-order chi connectivity index (χ1) is 16.5. The number of hydrogen-bond acceptors (Lipinski definition) is 5. The summed E-state index contributed by atoms with van der Waals surface area (Å²) in [5.41, 5.74) is 3.00. The highest BCUT2D eigenvalue weighted by molar-refractivity contribution is 7.07. The predicted octanol–water partition coefficient (Wildman–Crippen LogP) is 3.49. The standard InChI is InChI=1S/C24H27F2N5O2S/c1-27-23(32)28-8-9-31-22(16-34-24(31)29-21-14-19(25)6-7-20(21)26)18-4-2-17(3-5-18)15-30-10-12-33-13-11-30/h2-7,14,16H,8-13,15H2,1H3,(H2,27,28,32). The Labute approximate surface area is 200 Å². The van der Waals surface area contributed by atoms with E-state index in [1.165, 1.54) is 16.9 Å². The van der Waals surface area contributed by atoms with Crippen molar-refractivity contribution in [1.82, 2.24) is 20.1 Å². The predicted molar refractivity (Wildman–Crippen MR) is 128 cm³/mol. The van der Waals surface area contributed by atoms with Crippen molar-refractivity contribution in [2.45, 2.75) is 13.1 Å². The van der Waals surface area contributed by atoms with Gasteiger partial charge in [-0.3, -0.25) is 4.90 Å². The second-order valence-corrected chi connectivity index (χ2v) is 8.69. The number of benzene rings is 2. The normalized spacial score (nSPS) is 14.9. The lowest BCUT2D eigenvalue weighted by atomic mass is 10.1. The van der Waals surface area contributed by atoms with Gasteiger partial charge in [-0.15, -0.1) is 11.3 Å². The first kappa shape index (κ1) is 24.1. The molecule has 0 aliphatic carbocycles. The molecule has 2 amide bonds. The SMILES string of the molecule is CNC(=O)NCCn1c(-c2ccc(CN3CCOCC3)cc2)csc1=Nc1cc(F)ccc1F. The number of rotatable bonds is 7. The topological polar surface area (TPSA) is 70.9 Å². The van der Waals surface area contributed by atoms with Crippen LogP contribution in [-0.4, -0.2) is 55.4 Å². The van der Waals surface area contributed by atoms with Gasteiger partial charge < -0.3 is 19.9 Å². The highest BCUT2D eigenvalue weighted by Crippen LogP contribution is 2.23. The Morgan fingerprint density at radius 2 is 1.91 bits per heavy atom. The summed E-state index contributed by atoms with van der Waals surface area (Å²) in [5, 5.41) is 7.21. The third-order valence-electron chi connectivity index (χ3n) is 5.53. The van der Waals surface area contributed by atoms with Gasteiger partial charge in [0.25, 0.3) is 0 Å². The summed E-state index contributed by atoms with van der Waals surface area (Å²) in [7, 11) is 1.55. The van der Waals surface area contributed by atoms with Crippen LogP contribution in [0.5, 0.6) is 0 Å². The number of halogens is 2. The van der Waals surface area contributed by atoms with Crippen LogP contribution in [0.25, 0.3) is 11.3 Å². The average molecular weight is 488 g/mol. The highest BCUT2D eigenvalue weighted by atomic mass is 32.1. The zero-order valence-electron chi connectivity index (χ0n) is 18.9. The number of ether oxygens (including phenoxy) is 1. The molecule has 1 saturated heterocycles. The zero-order valence-corrected chi connectivity index (χ0v) is 19.7. The molecular weight excluding hydrogens is 460 g/mol. The Morgan fingerprint density at radius 3 is 2.65 bits per heavy atom. The number of urea groups is 1. The quantitative estimate of drug-likeness (QED) is 0.536.